The molecule has 1 aromatic heterocycles. The summed E-state index contributed by atoms with van der Waals surface area (Å²) >= 11 is 0. The van der Waals surface area contributed by atoms with Gasteiger partial charge in [0.05, 0.1) is 19.3 Å². The van der Waals surface area contributed by atoms with Crippen LogP contribution >= 0.6 is 0 Å². The first-order chi connectivity index (χ1) is 11.4. The van der Waals surface area contributed by atoms with Gasteiger partial charge in [0.25, 0.3) is 0 Å². The number of nitrogens with zero attached hydrogens (tertiary/aromatic N) is 3. The summed E-state index contributed by atoms with van der Waals surface area (Å²) in [5, 5.41) is 6.96. The molecule has 1 aromatic carbocycles. The lowest BCUT2D eigenvalue weighted by molar-refractivity contribution is -0.124. The molecule has 0 fully saturated rings. The molecule has 2 atom stereocenters. The molecular weight excluding hydrogens is 308 g/mol. The lowest BCUT2D eigenvalue weighted by Crippen LogP contribution is -2.33. The normalized spacial score (nSPS) is 13.4. The van der Waals surface area contributed by atoms with Crippen LogP contribution in [0.4, 0.5) is 0 Å². The zero-order chi connectivity index (χ0) is 17.7. The van der Waals surface area contributed by atoms with Crippen LogP contribution in [0.3, 0.4) is 0 Å². The Bertz CT molecular complexity index is 670. The number of aromatic nitrogens is 3. The SMILES string of the molecule is COc1cc([C@H](C)NC(=O)[C@H](C)n2cncn2)ccc1OC(C)C. The summed E-state index contributed by atoms with van der Waals surface area (Å²) in [7, 11) is 1.60. The minimum absolute atomic E-state index is 0.0606. The van der Waals surface area contributed by atoms with Crippen LogP contribution in [0.15, 0.2) is 30.9 Å². The van der Waals surface area contributed by atoms with Gasteiger partial charge in [-0.25, -0.2) is 9.67 Å². The molecule has 1 amide bonds. The molecule has 24 heavy (non-hydrogen) atoms. The predicted molar refractivity (Wildman–Crippen MR) is 90.0 cm³/mol. The summed E-state index contributed by atoms with van der Waals surface area (Å²) < 4.78 is 12.6. The van der Waals surface area contributed by atoms with Crippen molar-refractivity contribution in [1.82, 2.24) is 20.1 Å². The predicted octanol–water partition coefficient (Wildman–Crippen LogP) is 2.51. The molecule has 1 N–H and O–H groups in total. The molecular formula is C17H24N4O3. The van der Waals surface area contributed by atoms with Gasteiger partial charge in [-0.05, 0) is 45.4 Å². The second-order valence-electron chi connectivity index (χ2n) is 5.86. The Balaban J connectivity index is 2.09. The van der Waals surface area contributed by atoms with Crippen molar-refractivity contribution in [2.24, 2.45) is 0 Å². The summed E-state index contributed by atoms with van der Waals surface area (Å²) in [5.41, 5.74) is 0.932. The fourth-order valence-electron chi connectivity index (χ4n) is 2.26. The van der Waals surface area contributed by atoms with E-state index >= 15 is 0 Å². The minimum atomic E-state index is -0.430. The largest absolute Gasteiger partial charge is 0.493 e. The molecule has 130 valence electrons. The lowest BCUT2D eigenvalue weighted by atomic mass is 10.1. The van der Waals surface area contributed by atoms with E-state index in [2.05, 4.69) is 15.4 Å². The maximum atomic E-state index is 12.3. The smallest absolute Gasteiger partial charge is 0.245 e. The van der Waals surface area contributed by atoms with E-state index in [9.17, 15) is 4.79 Å². The molecule has 7 nitrogen and oxygen atoms in total. The Kier molecular flexibility index (Phi) is 5.78. The third kappa shape index (κ3) is 4.24. The van der Waals surface area contributed by atoms with E-state index < -0.39 is 6.04 Å². The van der Waals surface area contributed by atoms with Gasteiger partial charge in [-0.3, -0.25) is 4.79 Å². The second-order valence-corrected chi connectivity index (χ2v) is 5.86. The Morgan fingerprint density at radius 2 is 1.96 bits per heavy atom. The van der Waals surface area contributed by atoms with Crippen molar-refractivity contribution in [1.29, 1.82) is 0 Å². The molecule has 7 heteroatoms. The molecule has 2 aromatic rings. The van der Waals surface area contributed by atoms with E-state index in [-0.39, 0.29) is 18.1 Å². The second kappa shape index (κ2) is 7.81. The molecule has 0 unspecified atom stereocenters. The standard InChI is InChI=1S/C17H24N4O3/c1-11(2)24-15-7-6-14(8-16(15)23-5)12(3)20-17(22)13(4)21-10-18-9-19-21/h6-13H,1-5H3,(H,20,22)/t12-,13-/m0/s1. The van der Waals surface area contributed by atoms with Gasteiger partial charge in [-0.2, -0.15) is 5.10 Å². The van der Waals surface area contributed by atoms with Crippen LogP contribution in [-0.4, -0.2) is 33.9 Å². The van der Waals surface area contributed by atoms with Gasteiger partial charge in [0.2, 0.25) is 5.91 Å². The van der Waals surface area contributed by atoms with Crippen LogP contribution in [-0.2, 0) is 4.79 Å². The van der Waals surface area contributed by atoms with Gasteiger partial charge in [0.1, 0.15) is 18.7 Å². The number of amides is 1. The first kappa shape index (κ1) is 17.8. The molecule has 2 rings (SSSR count). The maximum Gasteiger partial charge on any atom is 0.245 e. The summed E-state index contributed by atoms with van der Waals surface area (Å²) in [6.45, 7) is 7.62. The molecule has 0 aliphatic rings. The quantitative estimate of drug-likeness (QED) is 0.843. The van der Waals surface area contributed by atoms with Crippen LogP contribution in [0, 0.1) is 0 Å². The van der Waals surface area contributed by atoms with Crippen molar-refractivity contribution in [2.45, 2.75) is 45.9 Å². The molecule has 0 aliphatic carbocycles. The Labute approximate surface area is 142 Å². The Morgan fingerprint density at radius 1 is 1.21 bits per heavy atom. The van der Waals surface area contributed by atoms with Crippen molar-refractivity contribution in [3.63, 3.8) is 0 Å². The van der Waals surface area contributed by atoms with E-state index in [1.165, 1.54) is 17.3 Å². The van der Waals surface area contributed by atoms with Crippen molar-refractivity contribution in [2.75, 3.05) is 7.11 Å². The molecule has 0 aliphatic heterocycles. The number of hydrogen-bond donors (Lipinski definition) is 1. The number of ether oxygens (including phenoxy) is 2. The van der Waals surface area contributed by atoms with Gasteiger partial charge in [-0.15, -0.1) is 0 Å². The number of rotatable bonds is 7. The van der Waals surface area contributed by atoms with Crippen LogP contribution in [0.25, 0.3) is 0 Å². The van der Waals surface area contributed by atoms with Gasteiger partial charge in [0, 0.05) is 0 Å². The minimum Gasteiger partial charge on any atom is -0.493 e. The van der Waals surface area contributed by atoms with E-state index in [1.807, 2.05) is 39.0 Å². The first-order valence-electron chi connectivity index (χ1n) is 7.91. The van der Waals surface area contributed by atoms with Crippen molar-refractivity contribution < 1.29 is 14.3 Å². The molecule has 0 bridgehead atoms. The van der Waals surface area contributed by atoms with Crippen molar-refractivity contribution in [3.8, 4) is 11.5 Å². The number of carbonyl (C=O) groups is 1. The van der Waals surface area contributed by atoms with Gasteiger partial charge in [0.15, 0.2) is 11.5 Å². The number of nitrogens with one attached hydrogen (secondary N) is 1. The van der Waals surface area contributed by atoms with Crippen LogP contribution in [0.2, 0.25) is 0 Å². The van der Waals surface area contributed by atoms with Crippen molar-refractivity contribution >= 4 is 5.91 Å². The van der Waals surface area contributed by atoms with Crippen LogP contribution in [0.5, 0.6) is 11.5 Å². The zero-order valence-corrected chi connectivity index (χ0v) is 14.7. The number of benzene rings is 1. The molecule has 0 spiro atoms. The summed E-state index contributed by atoms with van der Waals surface area (Å²) in [6.07, 6.45) is 2.99. The third-order valence-corrected chi connectivity index (χ3v) is 3.62. The van der Waals surface area contributed by atoms with Gasteiger partial charge < -0.3 is 14.8 Å². The van der Waals surface area contributed by atoms with Gasteiger partial charge >= 0.3 is 0 Å². The molecule has 0 saturated carbocycles. The summed E-state index contributed by atoms with van der Waals surface area (Å²) in [4.78, 5) is 16.2. The highest BCUT2D eigenvalue weighted by molar-refractivity contribution is 5.80. The Morgan fingerprint density at radius 3 is 2.54 bits per heavy atom. The van der Waals surface area contributed by atoms with E-state index in [4.69, 9.17) is 9.47 Å². The van der Waals surface area contributed by atoms with Crippen molar-refractivity contribution in [3.05, 3.63) is 36.4 Å². The van der Waals surface area contributed by atoms with Gasteiger partial charge in [-0.1, -0.05) is 6.07 Å². The Hall–Kier alpha value is -2.57. The zero-order valence-electron chi connectivity index (χ0n) is 14.7. The highest BCUT2D eigenvalue weighted by Crippen LogP contribution is 2.31. The average molecular weight is 332 g/mol. The topological polar surface area (TPSA) is 78.3 Å². The highest BCUT2D eigenvalue weighted by Gasteiger charge is 2.19. The number of carbonyl (C=O) groups excluding carboxylic acids is 1. The van der Waals surface area contributed by atoms with E-state index in [0.717, 1.165) is 5.56 Å². The third-order valence-electron chi connectivity index (χ3n) is 3.62. The highest BCUT2D eigenvalue weighted by atomic mass is 16.5. The molecule has 1 heterocycles. The average Bonchev–Trinajstić information content (AvgIpc) is 3.08. The fraction of sp³-hybridized carbons (Fsp3) is 0.471. The fourth-order valence-corrected chi connectivity index (χ4v) is 2.26. The molecule has 0 saturated heterocycles. The van der Waals surface area contributed by atoms with Crippen LogP contribution < -0.4 is 14.8 Å². The van der Waals surface area contributed by atoms with Crippen LogP contribution in [0.1, 0.15) is 45.3 Å². The first-order valence-corrected chi connectivity index (χ1v) is 7.91. The maximum absolute atomic E-state index is 12.3. The van der Waals surface area contributed by atoms with E-state index in [1.54, 1.807) is 14.0 Å². The monoisotopic (exact) mass is 332 g/mol. The summed E-state index contributed by atoms with van der Waals surface area (Å²) in [6, 6.07) is 5.05. The number of hydrogen-bond acceptors (Lipinski definition) is 5. The lowest BCUT2D eigenvalue weighted by Gasteiger charge is -2.20. The van der Waals surface area contributed by atoms with E-state index in [0.29, 0.717) is 11.5 Å². The summed E-state index contributed by atoms with van der Waals surface area (Å²) in [5.74, 6) is 1.20. The molecule has 0 radical (unpaired) electrons. The number of methoxy groups -OCH3 is 1.